The number of nitrogens with one attached hydrogen (secondary N) is 1. The van der Waals surface area contributed by atoms with Crippen LogP contribution < -0.4 is 10.2 Å². The van der Waals surface area contributed by atoms with Crippen LogP contribution in [0, 0.1) is 12.8 Å². The maximum Gasteiger partial charge on any atom is 0.227 e. The molecule has 2 atom stereocenters. The first-order valence-electron chi connectivity index (χ1n) is 9.37. The minimum atomic E-state index is -0.280. The van der Waals surface area contributed by atoms with E-state index in [9.17, 15) is 9.59 Å². The van der Waals surface area contributed by atoms with Crippen molar-refractivity contribution in [3.63, 3.8) is 0 Å². The van der Waals surface area contributed by atoms with Gasteiger partial charge in [0.25, 0.3) is 0 Å². The third-order valence-corrected chi connectivity index (χ3v) is 5.50. The van der Waals surface area contributed by atoms with Crippen LogP contribution in [0.3, 0.4) is 0 Å². The fourth-order valence-electron chi connectivity index (χ4n) is 4.12. The SMILES string of the molecule is Cc1cccc(N2C[C@@H](C(=O)N[C@H]3CCCc4ccccc43)CC2=O)c1. The Morgan fingerprint density at radius 1 is 1.15 bits per heavy atom. The number of nitrogens with zero attached hydrogens (tertiary/aromatic N) is 1. The molecule has 26 heavy (non-hydrogen) atoms. The van der Waals surface area contributed by atoms with Gasteiger partial charge in [0, 0.05) is 18.7 Å². The molecule has 2 aromatic carbocycles. The molecule has 4 heteroatoms. The van der Waals surface area contributed by atoms with Crippen LogP contribution in [0.15, 0.2) is 48.5 Å². The fraction of sp³-hybridized carbons (Fsp3) is 0.364. The summed E-state index contributed by atoms with van der Waals surface area (Å²) >= 11 is 0. The standard InChI is InChI=1S/C22H24N2O2/c1-15-6-4-9-18(12-15)24-14-17(13-21(24)25)22(26)23-20-11-5-8-16-7-2-3-10-19(16)20/h2-4,6-7,9-10,12,17,20H,5,8,11,13-14H2,1H3,(H,23,26)/t17-,20-/m0/s1. The van der Waals surface area contributed by atoms with Crippen LogP contribution >= 0.6 is 0 Å². The molecule has 2 aliphatic rings. The molecule has 0 aromatic heterocycles. The van der Waals surface area contributed by atoms with Gasteiger partial charge in [-0.25, -0.2) is 0 Å². The van der Waals surface area contributed by atoms with Gasteiger partial charge in [-0.3, -0.25) is 9.59 Å². The summed E-state index contributed by atoms with van der Waals surface area (Å²) in [5, 5.41) is 3.20. The zero-order valence-electron chi connectivity index (χ0n) is 15.1. The molecule has 1 aliphatic heterocycles. The summed E-state index contributed by atoms with van der Waals surface area (Å²) in [4.78, 5) is 27.0. The van der Waals surface area contributed by atoms with Crippen LogP contribution in [0.1, 0.15) is 42.0 Å². The Morgan fingerprint density at radius 3 is 2.85 bits per heavy atom. The number of carbonyl (C=O) groups excluding carboxylic acids is 2. The topological polar surface area (TPSA) is 49.4 Å². The smallest absolute Gasteiger partial charge is 0.227 e. The second kappa shape index (κ2) is 6.94. The fourth-order valence-corrected chi connectivity index (χ4v) is 4.12. The van der Waals surface area contributed by atoms with Crippen molar-refractivity contribution in [2.24, 2.45) is 5.92 Å². The Hall–Kier alpha value is -2.62. The van der Waals surface area contributed by atoms with E-state index in [1.54, 1.807) is 4.90 Å². The van der Waals surface area contributed by atoms with Gasteiger partial charge in [0.15, 0.2) is 0 Å². The van der Waals surface area contributed by atoms with Gasteiger partial charge in [0.05, 0.1) is 12.0 Å². The second-order valence-electron chi connectivity index (χ2n) is 7.40. The van der Waals surface area contributed by atoms with E-state index >= 15 is 0 Å². The Bertz CT molecular complexity index is 846. The highest BCUT2D eigenvalue weighted by Crippen LogP contribution is 2.31. The molecule has 1 aliphatic carbocycles. The van der Waals surface area contributed by atoms with Crippen molar-refractivity contribution in [3.8, 4) is 0 Å². The Kier molecular flexibility index (Phi) is 4.49. The van der Waals surface area contributed by atoms with Crippen molar-refractivity contribution in [1.29, 1.82) is 0 Å². The second-order valence-corrected chi connectivity index (χ2v) is 7.40. The highest BCUT2D eigenvalue weighted by molar-refractivity contribution is 6.00. The van der Waals surface area contributed by atoms with Gasteiger partial charge in [0.1, 0.15) is 0 Å². The maximum absolute atomic E-state index is 12.8. The molecule has 0 bridgehead atoms. The van der Waals surface area contributed by atoms with Gasteiger partial charge in [-0.15, -0.1) is 0 Å². The van der Waals surface area contributed by atoms with Crippen LogP contribution in [0.4, 0.5) is 5.69 Å². The lowest BCUT2D eigenvalue weighted by molar-refractivity contribution is -0.127. The number of aryl methyl sites for hydroxylation is 2. The minimum Gasteiger partial charge on any atom is -0.349 e. The minimum absolute atomic E-state index is 0.00444. The molecular formula is C22H24N2O2. The van der Waals surface area contributed by atoms with E-state index < -0.39 is 0 Å². The van der Waals surface area contributed by atoms with Crippen LogP contribution in [0.25, 0.3) is 0 Å². The van der Waals surface area contributed by atoms with E-state index in [2.05, 4.69) is 23.5 Å². The highest BCUT2D eigenvalue weighted by Gasteiger charge is 2.36. The largest absolute Gasteiger partial charge is 0.349 e. The average molecular weight is 348 g/mol. The first kappa shape index (κ1) is 16.8. The van der Waals surface area contributed by atoms with Crippen LogP contribution in [0.2, 0.25) is 0 Å². The lowest BCUT2D eigenvalue weighted by atomic mass is 9.87. The van der Waals surface area contributed by atoms with E-state index in [0.717, 1.165) is 30.5 Å². The van der Waals surface area contributed by atoms with Crippen LogP contribution in [-0.4, -0.2) is 18.4 Å². The zero-order valence-corrected chi connectivity index (χ0v) is 15.1. The number of carbonyl (C=O) groups is 2. The maximum atomic E-state index is 12.8. The predicted octanol–water partition coefficient (Wildman–Crippen LogP) is 3.54. The Morgan fingerprint density at radius 2 is 2.00 bits per heavy atom. The van der Waals surface area contributed by atoms with E-state index in [-0.39, 0.29) is 30.2 Å². The molecular weight excluding hydrogens is 324 g/mol. The average Bonchev–Trinajstić information content (AvgIpc) is 3.04. The normalized spacial score (nSPS) is 22.2. The van der Waals surface area contributed by atoms with Crippen molar-refractivity contribution in [2.75, 3.05) is 11.4 Å². The molecule has 0 radical (unpaired) electrons. The van der Waals surface area contributed by atoms with Crippen molar-refractivity contribution in [2.45, 2.75) is 38.6 Å². The number of hydrogen-bond donors (Lipinski definition) is 1. The van der Waals surface area contributed by atoms with E-state index in [0.29, 0.717) is 6.54 Å². The third-order valence-electron chi connectivity index (χ3n) is 5.50. The summed E-state index contributed by atoms with van der Waals surface area (Å²) in [6.07, 6.45) is 3.41. The van der Waals surface area contributed by atoms with Gasteiger partial charge < -0.3 is 10.2 Å². The number of fused-ring (bicyclic) bond motifs is 1. The Balaban J connectivity index is 1.46. The van der Waals surface area contributed by atoms with Crippen molar-refractivity contribution >= 4 is 17.5 Å². The lowest BCUT2D eigenvalue weighted by Crippen LogP contribution is -2.36. The van der Waals surface area contributed by atoms with Crippen molar-refractivity contribution in [1.82, 2.24) is 5.32 Å². The first-order chi connectivity index (χ1) is 12.6. The van der Waals surface area contributed by atoms with E-state index in [1.807, 2.05) is 37.3 Å². The summed E-state index contributed by atoms with van der Waals surface area (Å²) in [6, 6.07) is 16.3. The molecule has 134 valence electrons. The molecule has 2 aromatic rings. The molecule has 0 saturated carbocycles. The molecule has 1 heterocycles. The molecule has 4 nitrogen and oxygen atoms in total. The number of rotatable bonds is 3. The third kappa shape index (κ3) is 3.24. The van der Waals surface area contributed by atoms with Crippen LogP contribution in [-0.2, 0) is 16.0 Å². The molecule has 0 spiro atoms. The number of anilines is 1. The summed E-state index contributed by atoms with van der Waals surface area (Å²) < 4.78 is 0. The van der Waals surface area contributed by atoms with Crippen LogP contribution in [0.5, 0.6) is 0 Å². The summed E-state index contributed by atoms with van der Waals surface area (Å²) in [7, 11) is 0. The van der Waals surface area contributed by atoms with Gasteiger partial charge in [-0.1, -0.05) is 36.4 Å². The lowest BCUT2D eigenvalue weighted by Gasteiger charge is -2.27. The monoisotopic (exact) mass is 348 g/mol. The van der Waals surface area contributed by atoms with Crippen molar-refractivity contribution < 1.29 is 9.59 Å². The first-order valence-corrected chi connectivity index (χ1v) is 9.37. The molecule has 4 rings (SSSR count). The molecule has 1 saturated heterocycles. The Labute approximate surface area is 154 Å². The summed E-state index contributed by atoms with van der Waals surface area (Å²) in [6.45, 7) is 2.47. The van der Waals surface area contributed by atoms with Gasteiger partial charge >= 0.3 is 0 Å². The summed E-state index contributed by atoms with van der Waals surface area (Å²) in [5.74, 6) is -0.257. The summed E-state index contributed by atoms with van der Waals surface area (Å²) in [5.41, 5.74) is 4.55. The molecule has 0 unspecified atom stereocenters. The molecule has 1 fully saturated rings. The molecule has 2 amide bonds. The number of amides is 2. The number of benzene rings is 2. The zero-order chi connectivity index (χ0) is 18.1. The predicted molar refractivity (Wildman–Crippen MR) is 102 cm³/mol. The van der Waals surface area contributed by atoms with E-state index in [4.69, 9.17) is 0 Å². The van der Waals surface area contributed by atoms with Crippen molar-refractivity contribution in [3.05, 3.63) is 65.2 Å². The van der Waals surface area contributed by atoms with Gasteiger partial charge in [-0.2, -0.15) is 0 Å². The van der Waals surface area contributed by atoms with Gasteiger partial charge in [0.2, 0.25) is 11.8 Å². The van der Waals surface area contributed by atoms with Gasteiger partial charge in [-0.05, 0) is 55.0 Å². The number of hydrogen-bond acceptors (Lipinski definition) is 2. The molecule has 1 N–H and O–H groups in total. The quantitative estimate of drug-likeness (QED) is 0.922. The van der Waals surface area contributed by atoms with E-state index in [1.165, 1.54) is 11.1 Å². The highest BCUT2D eigenvalue weighted by atomic mass is 16.2.